The number of amides is 2. The molecule has 0 spiro atoms. The molecule has 0 radical (unpaired) electrons. The first kappa shape index (κ1) is 14.5. The monoisotopic (exact) mass is 250 g/mol. The lowest BCUT2D eigenvalue weighted by Gasteiger charge is -2.21. The highest BCUT2D eigenvalue weighted by Gasteiger charge is 2.12. The molecule has 18 heavy (non-hydrogen) atoms. The fourth-order valence-electron chi connectivity index (χ4n) is 1.75. The Labute approximate surface area is 109 Å². The average molecular weight is 250 g/mol. The fraction of sp³-hybridized carbons (Fsp3) is 0.500. The van der Waals surface area contributed by atoms with E-state index in [1.807, 2.05) is 38.1 Å². The van der Waals surface area contributed by atoms with E-state index in [4.69, 9.17) is 4.74 Å². The molecule has 2 amide bonds. The van der Waals surface area contributed by atoms with Crippen molar-refractivity contribution in [2.24, 2.45) is 0 Å². The lowest BCUT2D eigenvalue weighted by Crippen LogP contribution is -2.40. The number of benzene rings is 1. The van der Waals surface area contributed by atoms with Crippen LogP contribution in [0.1, 0.15) is 18.9 Å². The average Bonchev–Trinajstić information content (AvgIpc) is 2.36. The number of methoxy groups -OCH3 is 1. The van der Waals surface area contributed by atoms with Crippen molar-refractivity contribution >= 4 is 11.7 Å². The molecule has 0 unspecified atom stereocenters. The third-order valence-corrected chi connectivity index (χ3v) is 2.68. The molecule has 0 saturated carbocycles. The Morgan fingerprint density at radius 2 is 2.22 bits per heavy atom. The molecule has 0 heterocycles. The van der Waals surface area contributed by atoms with E-state index in [-0.39, 0.29) is 6.03 Å². The van der Waals surface area contributed by atoms with Crippen LogP contribution < -0.4 is 10.2 Å². The van der Waals surface area contributed by atoms with Gasteiger partial charge in [0.15, 0.2) is 0 Å². The molecule has 0 aliphatic carbocycles. The van der Waals surface area contributed by atoms with Crippen molar-refractivity contribution in [1.29, 1.82) is 0 Å². The van der Waals surface area contributed by atoms with Crippen LogP contribution in [-0.4, -0.2) is 32.8 Å². The van der Waals surface area contributed by atoms with Gasteiger partial charge in [-0.25, -0.2) is 4.79 Å². The maximum absolute atomic E-state index is 12.0. The van der Waals surface area contributed by atoms with Gasteiger partial charge in [0.25, 0.3) is 0 Å². The summed E-state index contributed by atoms with van der Waals surface area (Å²) < 4.78 is 4.95. The van der Waals surface area contributed by atoms with Crippen molar-refractivity contribution in [3.05, 3.63) is 29.8 Å². The van der Waals surface area contributed by atoms with E-state index in [1.54, 1.807) is 12.0 Å². The van der Waals surface area contributed by atoms with Gasteiger partial charge in [0.2, 0.25) is 0 Å². The van der Waals surface area contributed by atoms with Crippen LogP contribution >= 0.6 is 0 Å². The SMILES string of the molecule is CCN(C(=O)NCCCOC)c1cccc(C)c1. The summed E-state index contributed by atoms with van der Waals surface area (Å²) in [6.07, 6.45) is 0.827. The van der Waals surface area contributed by atoms with Crippen molar-refractivity contribution in [2.45, 2.75) is 20.3 Å². The number of carbonyl (C=O) groups is 1. The Hall–Kier alpha value is -1.55. The number of carbonyl (C=O) groups excluding carboxylic acids is 1. The molecule has 0 bridgehead atoms. The highest BCUT2D eigenvalue weighted by Crippen LogP contribution is 2.15. The summed E-state index contributed by atoms with van der Waals surface area (Å²) in [4.78, 5) is 13.8. The second-order valence-electron chi connectivity index (χ2n) is 4.16. The number of ether oxygens (including phenoxy) is 1. The summed E-state index contributed by atoms with van der Waals surface area (Å²) in [5, 5.41) is 2.89. The van der Waals surface area contributed by atoms with Gasteiger partial charge in [-0.05, 0) is 38.0 Å². The van der Waals surface area contributed by atoms with Crippen LogP contribution in [0, 0.1) is 6.92 Å². The van der Waals surface area contributed by atoms with Gasteiger partial charge in [0, 0.05) is 32.5 Å². The first-order valence-electron chi connectivity index (χ1n) is 6.30. The minimum atomic E-state index is -0.0563. The standard InChI is InChI=1S/C14H22N2O2/c1-4-16(13-8-5-7-12(2)11-13)14(17)15-9-6-10-18-3/h5,7-8,11H,4,6,9-10H2,1-3H3,(H,15,17). The number of rotatable bonds is 6. The van der Waals surface area contributed by atoms with E-state index in [0.29, 0.717) is 19.7 Å². The molecule has 1 rings (SSSR count). The van der Waals surface area contributed by atoms with E-state index in [0.717, 1.165) is 17.7 Å². The summed E-state index contributed by atoms with van der Waals surface area (Å²) in [7, 11) is 1.66. The van der Waals surface area contributed by atoms with Gasteiger partial charge >= 0.3 is 6.03 Å². The molecule has 0 fully saturated rings. The van der Waals surface area contributed by atoms with Gasteiger partial charge in [-0.3, -0.25) is 4.90 Å². The van der Waals surface area contributed by atoms with Gasteiger partial charge in [-0.2, -0.15) is 0 Å². The molecule has 0 aliphatic rings. The van der Waals surface area contributed by atoms with Crippen LogP contribution in [0.15, 0.2) is 24.3 Å². The molecule has 1 aromatic carbocycles. The third kappa shape index (κ3) is 4.37. The Morgan fingerprint density at radius 1 is 1.44 bits per heavy atom. The molecular weight excluding hydrogens is 228 g/mol. The Morgan fingerprint density at radius 3 is 2.83 bits per heavy atom. The molecule has 4 nitrogen and oxygen atoms in total. The van der Waals surface area contributed by atoms with E-state index in [9.17, 15) is 4.79 Å². The number of anilines is 1. The lowest BCUT2D eigenvalue weighted by atomic mass is 10.2. The van der Waals surface area contributed by atoms with Crippen molar-refractivity contribution < 1.29 is 9.53 Å². The number of nitrogens with zero attached hydrogens (tertiary/aromatic N) is 1. The molecule has 0 saturated heterocycles. The van der Waals surface area contributed by atoms with E-state index >= 15 is 0 Å². The van der Waals surface area contributed by atoms with Crippen LogP contribution in [0.3, 0.4) is 0 Å². The van der Waals surface area contributed by atoms with Crippen LogP contribution in [0.5, 0.6) is 0 Å². The maximum atomic E-state index is 12.0. The first-order valence-corrected chi connectivity index (χ1v) is 6.30. The molecule has 100 valence electrons. The molecule has 0 aliphatic heterocycles. The molecular formula is C14H22N2O2. The molecule has 0 aromatic heterocycles. The molecule has 0 atom stereocenters. The number of hydrogen-bond acceptors (Lipinski definition) is 2. The van der Waals surface area contributed by atoms with Crippen LogP contribution in [0.2, 0.25) is 0 Å². The quantitative estimate of drug-likeness (QED) is 0.788. The predicted molar refractivity (Wildman–Crippen MR) is 74.1 cm³/mol. The largest absolute Gasteiger partial charge is 0.385 e. The maximum Gasteiger partial charge on any atom is 0.321 e. The number of nitrogens with one attached hydrogen (secondary N) is 1. The van der Waals surface area contributed by atoms with Gasteiger partial charge in [0.05, 0.1) is 0 Å². The van der Waals surface area contributed by atoms with Gasteiger partial charge < -0.3 is 10.1 Å². The minimum Gasteiger partial charge on any atom is -0.385 e. The van der Waals surface area contributed by atoms with Crippen molar-refractivity contribution in [3.8, 4) is 0 Å². The second kappa shape index (κ2) is 7.71. The van der Waals surface area contributed by atoms with Gasteiger partial charge in [-0.1, -0.05) is 12.1 Å². The first-order chi connectivity index (χ1) is 8.69. The summed E-state index contributed by atoms with van der Waals surface area (Å²) in [6.45, 7) is 5.94. The fourth-order valence-corrected chi connectivity index (χ4v) is 1.75. The Balaban J connectivity index is 2.57. The zero-order chi connectivity index (χ0) is 13.4. The topological polar surface area (TPSA) is 41.6 Å². The number of aryl methyl sites for hydroxylation is 1. The summed E-state index contributed by atoms with van der Waals surface area (Å²) in [5.41, 5.74) is 2.08. The van der Waals surface area contributed by atoms with Crippen LogP contribution in [-0.2, 0) is 4.74 Å². The summed E-state index contributed by atoms with van der Waals surface area (Å²) in [6, 6.07) is 7.89. The smallest absolute Gasteiger partial charge is 0.321 e. The van der Waals surface area contributed by atoms with Crippen LogP contribution in [0.25, 0.3) is 0 Å². The van der Waals surface area contributed by atoms with Gasteiger partial charge in [-0.15, -0.1) is 0 Å². The Bertz CT molecular complexity index is 380. The minimum absolute atomic E-state index is 0.0563. The highest BCUT2D eigenvalue weighted by atomic mass is 16.5. The van der Waals surface area contributed by atoms with E-state index in [1.165, 1.54) is 0 Å². The van der Waals surface area contributed by atoms with Gasteiger partial charge in [0.1, 0.15) is 0 Å². The summed E-state index contributed by atoms with van der Waals surface area (Å²) >= 11 is 0. The summed E-state index contributed by atoms with van der Waals surface area (Å²) in [5.74, 6) is 0. The zero-order valence-electron chi connectivity index (χ0n) is 11.4. The highest BCUT2D eigenvalue weighted by molar-refractivity contribution is 5.91. The van der Waals surface area contributed by atoms with E-state index in [2.05, 4.69) is 5.32 Å². The predicted octanol–water partition coefficient (Wildman–Crippen LogP) is 2.57. The van der Waals surface area contributed by atoms with Crippen molar-refractivity contribution in [1.82, 2.24) is 5.32 Å². The molecule has 4 heteroatoms. The molecule has 1 aromatic rings. The Kier molecular flexibility index (Phi) is 6.22. The molecule has 1 N–H and O–H groups in total. The second-order valence-corrected chi connectivity index (χ2v) is 4.16. The third-order valence-electron chi connectivity index (χ3n) is 2.68. The van der Waals surface area contributed by atoms with Crippen molar-refractivity contribution in [3.63, 3.8) is 0 Å². The lowest BCUT2D eigenvalue weighted by molar-refractivity contribution is 0.194. The van der Waals surface area contributed by atoms with Crippen LogP contribution in [0.4, 0.5) is 10.5 Å². The zero-order valence-corrected chi connectivity index (χ0v) is 11.4. The number of urea groups is 1. The number of hydrogen-bond donors (Lipinski definition) is 1. The van der Waals surface area contributed by atoms with Crippen molar-refractivity contribution in [2.75, 3.05) is 31.7 Å². The van der Waals surface area contributed by atoms with E-state index < -0.39 is 0 Å². The normalized spacial score (nSPS) is 10.2.